The molecule has 2 amide bonds. The second kappa shape index (κ2) is 8.59. The summed E-state index contributed by atoms with van der Waals surface area (Å²) in [7, 11) is 3.32. The van der Waals surface area contributed by atoms with E-state index in [2.05, 4.69) is 25.3 Å². The molecular weight excluding hydrogens is 481 g/mol. The molecule has 0 aliphatic carbocycles. The standard InChI is InChI=1S/C23H19F3N6O4/c1-32(2)20(33)18-8-11-7-12(3-5-16(11)35-18)29-22-27-10-14(24)19(31-22)28-13-4-6-17-15(9-13)30-21(34)23(25,26)36-17/h3-7,9-10,18H,8H2,1-2H3,(H,30,34)(H2,27,28,29,31). The van der Waals surface area contributed by atoms with Gasteiger partial charge in [-0.05, 0) is 36.4 Å². The molecule has 186 valence electrons. The minimum absolute atomic E-state index is 0.00449. The highest BCUT2D eigenvalue weighted by atomic mass is 19.3. The zero-order chi connectivity index (χ0) is 25.6. The van der Waals surface area contributed by atoms with Crippen LogP contribution in [-0.2, 0) is 16.0 Å². The lowest BCUT2D eigenvalue weighted by atomic mass is 10.1. The van der Waals surface area contributed by atoms with Crippen molar-refractivity contribution in [3.8, 4) is 11.5 Å². The predicted molar refractivity (Wildman–Crippen MR) is 122 cm³/mol. The summed E-state index contributed by atoms with van der Waals surface area (Å²) in [6, 6.07) is 9.11. The Labute approximate surface area is 202 Å². The van der Waals surface area contributed by atoms with Crippen molar-refractivity contribution in [2.24, 2.45) is 0 Å². The van der Waals surface area contributed by atoms with Crippen LogP contribution < -0.4 is 25.4 Å². The summed E-state index contributed by atoms with van der Waals surface area (Å²) in [6.45, 7) is 0. The number of nitrogens with zero attached hydrogens (tertiary/aromatic N) is 3. The summed E-state index contributed by atoms with van der Waals surface area (Å²) in [5.41, 5.74) is 1.68. The maximum atomic E-state index is 14.4. The van der Waals surface area contributed by atoms with E-state index in [-0.39, 0.29) is 34.8 Å². The molecule has 2 aromatic carbocycles. The Kier molecular flexibility index (Phi) is 5.54. The number of hydrogen-bond acceptors (Lipinski definition) is 8. The number of nitrogens with one attached hydrogen (secondary N) is 3. The molecule has 10 nitrogen and oxygen atoms in total. The van der Waals surface area contributed by atoms with Gasteiger partial charge in [0.1, 0.15) is 5.75 Å². The summed E-state index contributed by atoms with van der Waals surface area (Å²) < 4.78 is 51.3. The van der Waals surface area contributed by atoms with Crippen molar-refractivity contribution in [2.45, 2.75) is 18.6 Å². The molecule has 3 N–H and O–H groups in total. The van der Waals surface area contributed by atoms with Crippen molar-refractivity contribution in [1.29, 1.82) is 0 Å². The number of fused-ring (bicyclic) bond motifs is 2. The Morgan fingerprint density at radius 1 is 1.14 bits per heavy atom. The second-order valence-corrected chi connectivity index (χ2v) is 8.29. The van der Waals surface area contributed by atoms with Crippen molar-refractivity contribution in [2.75, 3.05) is 30.0 Å². The van der Waals surface area contributed by atoms with Crippen molar-refractivity contribution in [3.63, 3.8) is 0 Å². The van der Waals surface area contributed by atoms with Crippen LogP contribution in [-0.4, -0.2) is 53.0 Å². The van der Waals surface area contributed by atoms with Gasteiger partial charge in [-0.25, -0.2) is 9.37 Å². The topological polar surface area (TPSA) is 118 Å². The molecule has 1 atom stereocenters. The smallest absolute Gasteiger partial charge is 0.480 e. The van der Waals surface area contributed by atoms with Gasteiger partial charge in [0.25, 0.3) is 5.91 Å². The van der Waals surface area contributed by atoms with Gasteiger partial charge in [-0.2, -0.15) is 13.8 Å². The Hall–Kier alpha value is -4.55. The van der Waals surface area contributed by atoms with Gasteiger partial charge in [0.15, 0.2) is 23.5 Å². The Morgan fingerprint density at radius 3 is 2.61 bits per heavy atom. The maximum absolute atomic E-state index is 14.4. The number of likely N-dealkylation sites (N-methyl/N-ethyl adjacent to an activating group) is 1. The lowest BCUT2D eigenvalue weighted by molar-refractivity contribution is -0.189. The first-order valence-electron chi connectivity index (χ1n) is 10.7. The normalized spacial score (nSPS) is 17.1. The van der Waals surface area contributed by atoms with E-state index in [0.29, 0.717) is 17.9 Å². The number of hydrogen-bond donors (Lipinski definition) is 3. The van der Waals surface area contributed by atoms with E-state index in [1.54, 1.807) is 32.3 Å². The van der Waals surface area contributed by atoms with E-state index in [1.165, 1.54) is 23.1 Å². The van der Waals surface area contributed by atoms with E-state index in [1.807, 2.05) is 5.32 Å². The maximum Gasteiger partial charge on any atom is 0.482 e. The molecule has 0 saturated heterocycles. The molecule has 0 radical (unpaired) electrons. The molecule has 0 spiro atoms. The van der Waals surface area contributed by atoms with Crippen molar-refractivity contribution >= 4 is 40.6 Å². The minimum atomic E-state index is -3.98. The number of amides is 2. The molecule has 1 unspecified atom stereocenters. The molecule has 2 aliphatic heterocycles. The quantitative estimate of drug-likeness (QED) is 0.488. The number of carbonyl (C=O) groups is 2. The van der Waals surface area contributed by atoms with Gasteiger partial charge < -0.3 is 30.3 Å². The monoisotopic (exact) mass is 500 g/mol. The van der Waals surface area contributed by atoms with E-state index < -0.39 is 23.9 Å². The van der Waals surface area contributed by atoms with Gasteiger partial charge in [-0.3, -0.25) is 9.59 Å². The molecule has 0 bridgehead atoms. The van der Waals surface area contributed by atoms with Crippen molar-refractivity contribution < 1.29 is 32.2 Å². The first kappa shape index (κ1) is 23.2. The van der Waals surface area contributed by atoms with Gasteiger partial charge in [0.05, 0.1) is 11.9 Å². The van der Waals surface area contributed by atoms with Gasteiger partial charge in [-0.15, -0.1) is 0 Å². The van der Waals surface area contributed by atoms with Crippen molar-refractivity contribution in [3.05, 3.63) is 54.0 Å². The number of ether oxygens (including phenoxy) is 2. The molecule has 36 heavy (non-hydrogen) atoms. The molecule has 5 rings (SSSR count). The highest BCUT2D eigenvalue weighted by Gasteiger charge is 2.46. The summed E-state index contributed by atoms with van der Waals surface area (Å²) in [5.74, 6) is -2.26. The molecule has 13 heteroatoms. The molecule has 0 saturated carbocycles. The first-order valence-corrected chi connectivity index (χ1v) is 10.7. The van der Waals surface area contributed by atoms with E-state index in [4.69, 9.17) is 4.74 Å². The molecule has 1 aromatic heterocycles. The number of rotatable bonds is 5. The van der Waals surface area contributed by atoms with Crippen molar-refractivity contribution in [1.82, 2.24) is 14.9 Å². The number of alkyl halides is 2. The predicted octanol–water partition coefficient (Wildman–Crippen LogP) is 3.42. The summed E-state index contributed by atoms with van der Waals surface area (Å²) in [4.78, 5) is 33.2. The Bertz CT molecular complexity index is 1380. The zero-order valence-corrected chi connectivity index (χ0v) is 18.9. The van der Waals surface area contributed by atoms with Crippen LogP contribution in [0.15, 0.2) is 42.6 Å². The molecule has 0 fully saturated rings. The number of halogens is 3. The molecule has 3 heterocycles. The first-order chi connectivity index (χ1) is 17.1. The lowest BCUT2D eigenvalue weighted by Gasteiger charge is -2.25. The SMILES string of the molecule is CN(C)C(=O)C1Cc2cc(Nc3ncc(F)c(Nc4ccc5c(c4)NC(=O)C(F)(F)O5)n3)ccc2O1. The second-order valence-electron chi connectivity index (χ2n) is 8.29. The van der Waals surface area contributed by atoms with Gasteiger partial charge in [0.2, 0.25) is 5.95 Å². The minimum Gasteiger partial charge on any atom is -0.480 e. The van der Waals surface area contributed by atoms with Crippen LogP contribution >= 0.6 is 0 Å². The summed E-state index contributed by atoms with van der Waals surface area (Å²) in [5, 5.41) is 7.76. The largest absolute Gasteiger partial charge is 0.482 e. The van der Waals surface area contributed by atoms with Crippen LogP contribution in [0.1, 0.15) is 5.56 Å². The fourth-order valence-corrected chi connectivity index (χ4v) is 3.71. The molecular formula is C23H19F3N6O4. The van der Waals surface area contributed by atoms with Crippen LogP contribution in [0.4, 0.5) is 42.0 Å². The van der Waals surface area contributed by atoms with Crippen LogP contribution in [0.25, 0.3) is 0 Å². The number of anilines is 5. The molecule has 3 aromatic rings. The van der Waals surface area contributed by atoms with Gasteiger partial charge >= 0.3 is 12.0 Å². The van der Waals surface area contributed by atoms with E-state index in [9.17, 15) is 22.8 Å². The average Bonchev–Trinajstić information content (AvgIpc) is 3.25. The zero-order valence-electron chi connectivity index (χ0n) is 18.9. The van der Waals surface area contributed by atoms with Crippen LogP contribution in [0.2, 0.25) is 0 Å². The third kappa shape index (κ3) is 4.42. The fourth-order valence-electron chi connectivity index (χ4n) is 3.71. The van der Waals surface area contributed by atoms with Crippen LogP contribution in [0.3, 0.4) is 0 Å². The van der Waals surface area contributed by atoms with Crippen LogP contribution in [0, 0.1) is 5.82 Å². The number of benzene rings is 2. The number of aromatic nitrogens is 2. The summed E-state index contributed by atoms with van der Waals surface area (Å²) in [6.07, 6.45) is -3.21. The Morgan fingerprint density at radius 2 is 1.86 bits per heavy atom. The summed E-state index contributed by atoms with van der Waals surface area (Å²) >= 11 is 0. The highest BCUT2D eigenvalue weighted by Crippen LogP contribution is 2.38. The fraction of sp³-hybridized carbons (Fsp3) is 0.217. The highest BCUT2D eigenvalue weighted by molar-refractivity contribution is 5.99. The average molecular weight is 500 g/mol. The molecule has 2 aliphatic rings. The lowest BCUT2D eigenvalue weighted by Crippen LogP contribution is -2.43. The van der Waals surface area contributed by atoms with Crippen LogP contribution in [0.5, 0.6) is 11.5 Å². The van der Waals surface area contributed by atoms with Gasteiger partial charge in [-0.1, -0.05) is 0 Å². The Balaban J connectivity index is 1.32. The number of carbonyl (C=O) groups excluding carboxylic acids is 2. The third-order valence-corrected chi connectivity index (χ3v) is 5.44. The van der Waals surface area contributed by atoms with E-state index >= 15 is 0 Å². The third-order valence-electron chi connectivity index (χ3n) is 5.44. The van der Waals surface area contributed by atoms with Gasteiger partial charge in [0, 0.05) is 37.5 Å². The van der Waals surface area contributed by atoms with E-state index in [0.717, 1.165) is 11.8 Å².